The summed E-state index contributed by atoms with van der Waals surface area (Å²) in [6.45, 7) is 8.88. The van der Waals surface area contributed by atoms with Gasteiger partial charge in [0, 0.05) is 18.6 Å². The molecule has 1 atom stereocenters. The highest BCUT2D eigenvalue weighted by molar-refractivity contribution is 4.85. The number of nitrogens with one attached hydrogen (secondary N) is 1. The highest BCUT2D eigenvalue weighted by Crippen LogP contribution is 2.34. The second-order valence-corrected chi connectivity index (χ2v) is 6.38. The van der Waals surface area contributed by atoms with Gasteiger partial charge < -0.3 is 11.1 Å². The molecular formula is C14H30N2. The average molecular weight is 226 g/mol. The van der Waals surface area contributed by atoms with Crippen molar-refractivity contribution in [1.29, 1.82) is 0 Å². The van der Waals surface area contributed by atoms with E-state index in [1.807, 2.05) is 0 Å². The Hall–Kier alpha value is -0.0800. The van der Waals surface area contributed by atoms with Gasteiger partial charge in [0.25, 0.3) is 0 Å². The lowest BCUT2D eigenvalue weighted by atomic mass is 9.75. The molecule has 16 heavy (non-hydrogen) atoms. The van der Waals surface area contributed by atoms with Gasteiger partial charge in [-0.1, -0.05) is 39.5 Å². The van der Waals surface area contributed by atoms with Crippen LogP contribution in [0.1, 0.15) is 65.7 Å². The zero-order valence-electron chi connectivity index (χ0n) is 11.4. The molecule has 0 heterocycles. The standard InChI is InChI=1S/C14H30N2/c1-4-8-14(3,15)12-16-11-13(2)9-6-5-7-10-13/h16H,4-12,15H2,1-3H3. The molecule has 0 amide bonds. The Kier molecular flexibility index (Phi) is 5.26. The van der Waals surface area contributed by atoms with Crippen molar-refractivity contribution in [1.82, 2.24) is 5.32 Å². The van der Waals surface area contributed by atoms with Gasteiger partial charge >= 0.3 is 0 Å². The molecule has 0 bridgehead atoms. The Bertz CT molecular complexity index is 193. The predicted molar refractivity (Wildman–Crippen MR) is 71.6 cm³/mol. The molecule has 0 spiro atoms. The quantitative estimate of drug-likeness (QED) is 0.730. The summed E-state index contributed by atoms with van der Waals surface area (Å²) in [6.07, 6.45) is 9.30. The molecule has 1 fully saturated rings. The van der Waals surface area contributed by atoms with E-state index in [1.54, 1.807) is 0 Å². The number of rotatable bonds is 6. The van der Waals surface area contributed by atoms with Crippen molar-refractivity contribution in [2.45, 2.75) is 71.3 Å². The molecule has 1 aliphatic carbocycles. The summed E-state index contributed by atoms with van der Waals surface area (Å²) in [4.78, 5) is 0. The van der Waals surface area contributed by atoms with Gasteiger partial charge in [-0.05, 0) is 31.6 Å². The van der Waals surface area contributed by atoms with E-state index in [-0.39, 0.29) is 5.54 Å². The van der Waals surface area contributed by atoms with E-state index in [2.05, 4.69) is 26.1 Å². The molecule has 96 valence electrons. The third-order valence-electron chi connectivity index (χ3n) is 3.96. The minimum atomic E-state index is -0.0280. The molecule has 2 heteroatoms. The topological polar surface area (TPSA) is 38.0 Å². The molecule has 1 aliphatic rings. The van der Waals surface area contributed by atoms with Gasteiger partial charge in [0.15, 0.2) is 0 Å². The molecule has 3 N–H and O–H groups in total. The Labute approximate surface area is 101 Å². The SMILES string of the molecule is CCCC(C)(N)CNCC1(C)CCCCC1. The number of hydrogen-bond donors (Lipinski definition) is 2. The highest BCUT2D eigenvalue weighted by atomic mass is 14.9. The molecule has 0 aliphatic heterocycles. The first kappa shape index (κ1) is 14.0. The number of nitrogens with two attached hydrogens (primary N) is 1. The molecule has 0 aromatic heterocycles. The molecule has 0 aromatic carbocycles. The Morgan fingerprint density at radius 2 is 1.88 bits per heavy atom. The van der Waals surface area contributed by atoms with Crippen LogP contribution in [0.15, 0.2) is 0 Å². The third-order valence-corrected chi connectivity index (χ3v) is 3.96. The second-order valence-electron chi connectivity index (χ2n) is 6.38. The summed E-state index contributed by atoms with van der Waals surface area (Å²) in [5, 5.41) is 3.60. The van der Waals surface area contributed by atoms with Crippen LogP contribution in [0.25, 0.3) is 0 Å². The van der Waals surface area contributed by atoms with E-state index in [0.717, 1.165) is 19.5 Å². The molecule has 0 aromatic rings. The van der Waals surface area contributed by atoms with Gasteiger partial charge in [0.2, 0.25) is 0 Å². The smallest absolute Gasteiger partial charge is 0.0252 e. The summed E-state index contributed by atoms with van der Waals surface area (Å²) in [6, 6.07) is 0. The lowest BCUT2D eigenvalue weighted by molar-refractivity contribution is 0.202. The maximum absolute atomic E-state index is 6.22. The van der Waals surface area contributed by atoms with Crippen molar-refractivity contribution < 1.29 is 0 Å². The summed E-state index contributed by atoms with van der Waals surface area (Å²) in [7, 11) is 0. The van der Waals surface area contributed by atoms with Crippen LogP contribution in [-0.2, 0) is 0 Å². The monoisotopic (exact) mass is 226 g/mol. The Morgan fingerprint density at radius 3 is 2.44 bits per heavy atom. The van der Waals surface area contributed by atoms with Crippen molar-refractivity contribution in [3.8, 4) is 0 Å². The van der Waals surface area contributed by atoms with E-state index in [4.69, 9.17) is 5.73 Å². The summed E-state index contributed by atoms with van der Waals surface area (Å²) < 4.78 is 0. The van der Waals surface area contributed by atoms with E-state index >= 15 is 0 Å². The van der Waals surface area contributed by atoms with E-state index in [1.165, 1.54) is 38.5 Å². The van der Waals surface area contributed by atoms with Crippen LogP contribution in [0.4, 0.5) is 0 Å². The highest BCUT2D eigenvalue weighted by Gasteiger charge is 2.27. The Morgan fingerprint density at radius 1 is 1.25 bits per heavy atom. The first-order valence-corrected chi connectivity index (χ1v) is 6.97. The third kappa shape index (κ3) is 4.84. The van der Waals surface area contributed by atoms with Gasteiger partial charge in [-0.25, -0.2) is 0 Å². The first-order valence-electron chi connectivity index (χ1n) is 6.97. The van der Waals surface area contributed by atoms with Crippen LogP contribution in [0.5, 0.6) is 0 Å². The lowest BCUT2D eigenvalue weighted by Gasteiger charge is -2.35. The van der Waals surface area contributed by atoms with Crippen LogP contribution >= 0.6 is 0 Å². The molecule has 0 saturated heterocycles. The minimum absolute atomic E-state index is 0.0280. The summed E-state index contributed by atoms with van der Waals surface area (Å²) in [5.74, 6) is 0. The van der Waals surface area contributed by atoms with Crippen molar-refractivity contribution >= 4 is 0 Å². The van der Waals surface area contributed by atoms with Crippen LogP contribution in [0.3, 0.4) is 0 Å². The van der Waals surface area contributed by atoms with Crippen molar-refractivity contribution in [2.75, 3.05) is 13.1 Å². The predicted octanol–water partition coefficient (Wildman–Crippen LogP) is 3.06. The minimum Gasteiger partial charge on any atom is -0.324 e. The fraction of sp³-hybridized carbons (Fsp3) is 1.00. The lowest BCUT2D eigenvalue weighted by Crippen LogP contribution is -2.48. The molecular weight excluding hydrogens is 196 g/mol. The maximum atomic E-state index is 6.22. The molecule has 1 saturated carbocycles. The van der Waals surface area contributed by atoms with Crippen molar-refractivity contribution in [2.24, 2.45) is 11.1 Å². The molecule has 2 nitrogen and oxygen atoms in total. The van der Waals surface area contributed by atoms with Crippen LogP contribution in [0.2, 0.25) is 0 Å². The largest absolute Gasteiger partial charge is 0.324 e. The van der Waals surface area contributed by atoms with Gasteiger partial charge in [-0.15, -0.1) is 0 Å². The maximum Gasteiger partial charge on any atom is 0.0252 e. The van der Waals surface area contributed by atoms with E-state index in [0.29, 0.717) is 5.41 Å². The zero-order chi connectivity index (χ0) is 12.1. The number of hydrogen-bond acceptors (Lipinski definition) is 2. The molecule has 0 radical (unpaired) electrons. The summed E-state index contributed by atoms with van der Waals surface area (Å²) >= 11 is 0. The normalized spacial score (nSPS) is 24.0. The van der Waals surface area contributed by atoms with Gasteiger partial charge in [-0.2, -0.15) is 0 Å². The zero-order valence-corrected chi connectivity index (χ0v) is 11.4. The van der Waals surface area contributed by atoms with Crippen LogP contribution in [0, 0.1) is 5.41 Å². The fourth-order valence-electron chi connectivity index (χ4n) is 2.89. The van der Waals surface area contributed by atoms with E-state index in [9.17, 15) is 0 Å². The van der Waals surface area contributed by atoms with Gasteiger partial charge in [-0.3, -0.25) is 0 Å². The Balaban J connectivity index is 2.23. The van der Waals surface area contributed by atoms with Crippen molar-refractivity contribution in [3.63, 3.8) is 0 Å². The first-order chi connectivity index (χ1) is 7.47. The second kappa shape index (κ2) is 6.02. The molecule has 1 rings (SSSR count). The van der Waals surface area contributed by atoms with Crippen LogP contribution < -0.4 is 11.1 Å². The van der Waals surface area contributed by atoms with E-state index < -0.39 is 0 Å². The van der Waals surface area contributed by atoms with Gasteiger partial charge in [0.05, 0.1) is 0 Å². The average Bonchev–Trinajstić information content (AvgIpc) is 2.17. The van der Waals surface area contributed by atoms with Gasteiger partial charge in [0.1, 0.15) is 0 Å². The van der Waals surface area contributed by atoms with Crippen LogP contribution in [-0.4, -0.2) is 18.6 Å². The summed E-state index contributed by atoms with van der Waals surface area (Å²) in [5.41, 5.74) is 6.72. The molecule has 1 unspecified atom stereocenters. The fourth-order valence-corrected chi connectivity index (χ4v) is 2.89. The van der Waals surface area contributed by atoms with Crippen molar-refractivity contribution in [3.05, 3.63) is 0 Å².